The predicted octanol–water partition coefficient (Wildman–Crippen LogP) is 0.690. The second-order valence-corrected chi connectivity index (χ2v) is 7.06. The molecule has 3 rings (SSSR count). The Morgan fingerprint density at radius 1 is 1.22 bits per heavy atom. The monoisotopic (exact) mass is 266 g/mol. The molecule has 1 aromatic carbocycles. The lowest BCUT2D eigenvalue weighted by Gasteiger charge is -2.21. The Balaban J connectivity index is 1.96. The number of hydrogen-bond donors (Lipinski definition) is 1. The van der Waals surface area contributed by atoms with Crippen LogP contribution in [0.25, 0.3) is 0 Å². The molecule has 0 aromatic heterocycles. The topological polar surface area (TPSA) is 66.5 Å². The maximum Gasteiger partial charge on any atom is 0.322 e. The largest absolute Gasteiger partial charge is 0.332 e. The minimum atomic E-state index is -3.03. The average Bonchev–Trinajstić information content (AvgIpc) is 2.70. The molecule has 0 saturated carbocycles. The lowest BCUT2D eigenvalue weighted by Crippen LogP contribution is -2.36. The quantitative estimate of drug-likeness (QED) is 0.761. The molecule has 6 heteroatoms. The van der Waals surface area contributed by atoms with Gasteiger partial charge in [-0.05, 0) is 19.1 Å². The number of anilines is 1. The lowest BCUT2D eigenvalue weighted by atomic mass is 10.1. The Hall–Kier alpha value is -1.56. The van der Waals surface area contributed by atoms with E-state index in [9.17, 15) is 13.2 Å². The van der Waals surface area contributed by atoms with Crippen LogP contribution in [0.2, 0.25) is 0 Å². The molecule has 0 aliphatic carbocycles. The molecule has 0 spiro atoms. The molecule has 0 radical (unpaired) electrons. The summed E-state index contributed by atoms with van der Waals surface area (Å²) in [6.45, 7) is 1.97. The number of rotatable bonds is 1. The molecule has 96 valence electrons. The number of aryl methyl sites for hydroxylation is 1. The van der Waals surface area contributed by atoms with Crippen molar-refractivity contribution in [3.63, 3.8) is 0 Å². The highest BCUT2D eigenvalue weighted by Crippen LogP contribution is 2.29. The highest BCUT2D eigenvalue weighted by molar-refractivity contribution is 7.91. The first-order valence-corrected chi connectivity index (χ1v) is 7.65. The van der Waals surface area contributed by atoms with Crippen molar-refractivity contribution < 1.29 is 13.2 Å². The molecule has 2 atom stereocenters. The number of fused-ring (bicyclic) bond motifs is 1. The average molecular weight is 266 g/mol. The fourth-order valence-electron chi connectivity index (χ4n) is 2.61. The number of nitrogens with one attached hydrogen (secondary N) is 1. The lowest BCUT2D eigenvalue weighted by molar-refractivity contribution is 0.251. The van der Waals surface area contributed by atoms with Gasteiger partial charge in [0, 0.05) is 5.69 Å². The number of benzene rings is 1. The van der Waals surface area contributed by atoms with E-state index in [0.717, 1.165) is 11.3 Å². The van der Waals surface area contributed by atoms with Crippen LogP contribution in [0.15, 0.2) is 24.3 Å². The highest BCUT2D eigenvalue weighted by atomic mass is 32.2. The van der Waals surface area contributed by atoms with E-state index >= 15 is 0 Å². The highest BCUT2D eigenvalue weighted by Gasteiger charge is 2.49. The van der Waals surface area contributed by atoms with Crippen LogP contribution in [0.4, 0.5) is 10.5 Å². The fraction of sp³-hybridized carbons (Fsp3) is 0.417. The van der Waals surface area contributed by atoms with Gasteiger partial charge in [0.25, 0.3) is 0 Å². The summed E-state index contributed by atoms with van der Waals surface area (Å²) in [5.41, 5.74) is 1.86. The summed E-state index contributed by atoms with van der Waals surface area (Å²) in [4.78, 5) is 13.5. The van der Waals surface area contributed by atoms with E-state index in [1.807, 2.05) is 31.2 Å². The van der Waals surface area contributed by atoms with Crippen LogP contribution in [0.3, 0.4) is 0 Å². The van der Waals surface area contributed by atoms with E-state index in [-0.39, 0.29) is 29.6 Å². The van der Waals surface area contributed by atoms with Crippen molar-refractivity contribution in [2.75, 3.05) is 16.4 Å². The van der Waals surface area contributed by atoms with E-state index < -0.39 is 9.84 Å². The number of carbonyl (C=O) groups excluding carboxylic acids is 1. The molecule has 1 aromatic rings. The molecule has 2 fully saturated rings. The van der Waals surface area contributed by atoms with Crippen LogP contribution in [-0.4, -0.2) is 38.0 Å². The number of nitrogens with zero attached hydrogens (tertiary/aromatic N) is 1. The van der Waals surface area contributed by atoms with Crippen molar-refractivity contribution >= 4 is 21.6 Å². The van der Waals surface area contributed by atoms with E-state index in [0.29, 0.717) is 0 Å². The van der Waals surface area contributed by atoms with Gasteiger partial charge in [0.15, 0.2) is 9.84 Å². The SMILES string of the molecule is Cc1ccc(N2C(=O)NC3CS(=O)(=O)CC32)cc1. The summed E-state index contributed by atoms with van der Waals surface area (Å²) in [6.07, 6.45) is 0. The predicted molar refractivity (Wildman–Crippen MR) is 68.4 cm³/mol. The van der Waals surface area contributed by atoms with E-state index in [2.05, 4.69) is 5.32 Å². The maximum atomic E-state index is 11.9. The molecule has 1 N–H and O–H groups in total. The normalized spacial score (nSPS) is 29.2. The molecule has 2 aliphatic rings. The number of hydrogen-bond acceptors (Lipinski definition) is 3. The van der Waals surface area contributed by atoms with Crippen LogP contribution < -0.4 is 10.2 Å². The summed E-state index contributed by atoms with van der Waals surface area (Å²) in [7, 11) is -3.03. The van der Waals surface area contributed by atoms with Gasteiger partial charge in [-0.3, -0.25) is 4.90 Å². The third-order valence-electron chi connectivity index (χ3n) is 3.49. The molecular formula is C12H14N2O3S. The first-order valence-electron chi connectivity index (χ1n) is 5.83. The first-order chi connectivity index (χ1) is 8.46. The standard InChI is InChI=1S/C12H14N2O3S/c1-8-2-4-9(5-3-8)14-11-7-18(16,17)6-10(11)13-12(14)15/h2-5,10-11H,6-7H2,1H3,(H,13,15). The fourth-order valence-corrected chi connectivity index (χ4v) is 4.50. The van der Waals surface area contributed by atoms with E-state index in [1.54, 1.807) is 4.90 Å². The van der Waals surface area contributed by atoms with Crippen molar-refractivity contribution in [2.24, 2.45) is 0 Å². The minimum absolute atomic E-state index is 0.0459. The van der Waals surface area contributed by atoms with Gasteiger partial charge >= 0.3 is 6.03 Å². The Morgan fingerprint density at radius 3 is 2.56 bits per heavy atom. The van der Waals surface area contributed by atoms with Crippen molar-refractivity contribution in [3.8, 4) is 0 Å². The summed E-state index contributed by atoms with van der Waals surface area (Å²) in [5.74, 6) is 0.0933. The van der Waals surface area contributed by atoms with Gasteiger partial charge in [-0.2, -0.15) is 0 Å². The minimum Gasteiger partial charge on any atom is -0.332 e. The third-order valence-corrected chi connectivity index (χ3v) is 5.21. The number of carbonyl (C=O) groups is 1. The molecule has 5 nitrogen and oxygen atoms in total. The molecule has 2 aliphatic heterocycles. The maximum absolute atomic E-state index is 11.9. The van der Waals surface area contributed by atoms with Gasteiger partial charge in [0.1, 0.15) is 0 Å². The van der Waals surface area contributed by atoms with Gasteiger partial charge in [-0.1, -0.05) is 17.7 Å². The van der Waals surface area contributed by atoms with Crippen molar-refractivity contribution in [1.29, 1.82) is 0 Å². The summed E-state index contributed by atoms with van der Waals surface area (Å²) >= 11 is 0. The molecule has 2 amide bonds. The van der Waals surface area contributed by atoms with Gasteiger partial charge in [-0.25, -0.2) is 13.2 Å². The third kappa shape index (κ3) is 1.77. The zero-order valence-electron chi connectivity index (χ0n) is 9.96. The molecule has 18 heavy (non-hydrogen) atoms. The van der Waals surface area contributed by atoms with E-state index in [1.165, 1.54) is 0 Å². The van der Waals surface area contributed by atoms with Crippen molar-refractivity contribution in [3.05, 3.63) is 29.8 Å². The molecular weight excluding hydrogens is 252 g/mol. The molecule has 2 heterocycles. The number of amides is 2. The molecule has 2 unspecified atom stereocenters. The summed E-state index contributed by atoms with van der Waals surface area (Å²) in [5, 5.41) is 2.74. The second-order valence-electron chi connectivity index (χ2n) is 4.91. The van der Waals surface area contributed by atoms with Gasteiger partial charge in [0.2, 0.25) is 0 Å². The zero-order valence-corrected chi connectivity index (χ0v) is 10.8. The van der Waals surface area contributed by atoms with Crippen molar-refractivity contribution in [2.45, 2.75) is 19.0 Å². The molecule has 0 bridgehead atoms. The van der Waals surface area contributed by atoms with Gasteiger partial charge in [0.05, 0.1) is 23.6 Å². The van der Waals surface area contributed by atoms with Crippen LogP contribution in [0.5, 0.6) is 0 Å². The smallest absolute Gasteiger partial charge is 0.322 e. The first kappa shape index (κ1) is 11.5. The molecule has 2 saturated heterocycles. The Bertz CT molecular complexity index is 594. The second kappa shape index (κ2) is 3.71. The summed E-state index contributed by atoms with van der Waals surface area (Å²) in [6, 6.07) is 6.78. The van der Waals surface area contributed by atoms with Crippen molar-refractivity contribution in [1.82, 2.24) is 5.32 Å². The number of urea groups is 1. The zero-order chi connectivity index (χ0) is 12.9. The summed E-state index contributed by atoms with van der Waals surface area (Å²) < 4.78 is 23.2. The number of sulfone groups is 1. The Labute approximate surface area is 106 Å². The van der Waals surface area contributed by atoms with Crippen LogP contribution >= 0.6 is 0 Å². The van der Waals surface area contributed by atoms with Crippen LogP contribution in [-0.2, 0) is 9.84 Å². The Morgan fingerprint density at radius 2 is 1.89 bits per heavy atom. The van der Waals surface area contributed by atoms with E-state index in [4.69, 9.17) is 0 Å². The van der Waals surface area contributed by atoms with Crippen LogP contribution in [0.1, 0.15) is 5.56 Å². The van der Waals surface area contributed by atoms with Gasteiger partial charge < -0.3 is 5.32 Å². The Kier molecular flexibility index (Phi) is 2.38. The van der Waals surface area contributed by atoms with Crippen LogP contribution in [0, 0.1) is 6.92 Å². The van der Waals surface area contributed by atoms with Gasteiger partial charge in [-0.15, -0.1) is 0 Å².